The minimum atomic E-state index is -1.60. The Morgan fingerprint density at radius 2 is 2.11 bits per heavy atom. The first kappa shape index (κ1) is 19.8. The highest BCUT2D eigenvalue weighted by Gasteiger charge is 2.39. The highest BCUT2D eigenvalue weighted by atomic mass is 33.1. The lowest BCUT2D eigenvalue weighted by Gasteiger charge is -2.34. The topological polar surface area (TPSA) is 63.8 Å². The van der Waals surface area contributed by atoms with Crippen molar-refractivity contribution in [1.82, 2.24) is 19.7 Å². The molecule has 0 unspecified atom stereocenters. The number of nitrogens with zero attached hydrogens (tertiary/aromatic N) is 4. The van der Waals surface area contributed by atoms with Crippen molar-refractivity contribution in [3.05, 3.63) is 78.1 Å². The smallest absolute Gasteiger partial charge is 0.137 e. The van der Waals surface area contributed by atoms with Crippen LogP contribution in [0.2, 0.25) is 0 Å². The Morgan fingerprint density at radius 1 is 1.26 bits per heavy atom. The van der Waals surface area contributed by atoms with E-state index >= 15 is 0 Å². The van der Waals surface area contributed by atoms with E-state index in [1.165, 1.54) is 45.0 Å². The van der Waals surface area contributed by atoms with Crippen LogP contribution in [0.5, 0.6) is 0 Å². The van der Waals surface area contributed by atoms with Gasteiger partial charge in [0.15, 0.2) is 0 Å². The van der Waals surface area contributed by atoms with Crippen molar-refractivity contribution in [1.29, 1.82) is 0 Å². The Labute approximate surface area is 163 Å². The second-order valence-corrected chi connectivity index (χ2v) is 8.67. The minimum Gasteiger partial charge on any atom is -0.382 e. The summed E-state index contributed by atoms with van der Waals surface area (Å²) in [7, 11) is 2.92. The van der Waals surface area contributed by atoms with Gasteiger partial charge >= 0.3 is 0 Å². The third-order valence-corrected chi connectivity index (χ3v) is 6.94. The maximum Gasteiger partial charge on any atom is 0.137 e. The second-order valence-electron chi connectivity index (χ2n) is 5.96. The van der Waals surface area contributed by atoms with Gasteiger partial charge < -0.3 is 5.11 Å². The van der Waals surface area contributed by atoms with Gasteiger partial charge in [-0.3, -0.25) is 4.98 Å². The molecule has 1 N–H and O–H groups in total. The molecule has 0 bridgehead atoms. The van der Waals surface area contributed by atoms with E-state index in [0.717, 1.165) is 17.8 Å². The van der Waals surface area contributed by atoms with Gasteiger partial charge in [-0.25, -0.2) is 18.4 Å². The molecule has 0 amide bonds. The molecule has 0 fully saturated rings. The van der Waals surface area contributed by atoms with Crippen LogP contribution in [0, 0.1) is 11.6 Å². The SMILES string of the molecule is C[C@@H](SSCc1ccccn1)[C@](O)(Cn1cncn1)c1ccc(F)cc1F. The number of halogens is 2. The fourth-order valence-electron chi connectivity index (χ4n) is 2.59. The minimum absolute atomic E-state index is 0.00609. The van der Waals surface area contributed by atoms with Crippen molar-refractivity contribution in [2.45, 2.75) is 30.1 Å². The predicted molar refractivity (Wildman–Crippen MR) is 103 cm³/mol. The number of hydrogen-bond donors (Lipinski definition) is 1. The normalized spacial score (nSPS) is 14.7. The van der Waals surface area contributed by atoms with Crippen molar-refractivity contribution >= 4 is 21.6 Å². The third kappa shape index (κ3) is 4.85. The molecule has 0 saturated heterocycles. The summed E-state index contributed by atoms with van der Waals surface area (Å²) < 4.78 is 29.2. The first-order valence-electron chi connectivity index (χ1n) is 8.17. The summed E-state index contributed by atoms with van der Waals surface area (Å²) in [4.78, 5) is 8.12. The summed E-state index contributed by atoms with van der Waals surface area (Å²) in [5.41, 5.74) is -0.666. The van der Waals surface area contributed by atoms with Gasteiger partial charge in [-0.15, -0.1) is 0 Å². The Bertz CT molecular complexity index is 867. The molecule has 2 heterocycles. The maximum absolute atomic E-state index is 14.5. The van der Waals surface area contributed by atoms with E-state index in [9.17, 15) is 13.9 Å². The molecule has 1 aromatic carbocycles. The average Bonchev–Trinajstić information content (AvgIpc) is 3.15. The van der Waals surface area contributed by atoms with E-state index < -0.39 is 22.5 Å². The van der Waals surface area contributed by atoms with Gasteiger partial charge in [-0.2, -0.15) is 5.10 Å². The summed E-state index contributed by atoms with van der Waals surface area (Å²) in [5, 5.41) is 15.0. The Hall–Kier alpha value is -1.97. The summed E-state index contributed by atoms with van der Waals surface area (Å²) in [6.45, 7) is 1.80. The number of aromatic nitrogens is 4. The molecule has 0 radical (unpaired) electrons. The Kier molecular flexibility index (Phi) is 6.46. The van der Waals surface area contributed by atoms with Gasteiger partial charge in [0.25, 0.3) is 0 Å². The molecule has 2 atom stereocenters. The number of rotatable bonds is 8. The number of hydrogen-bond acceptors (Lipinski definition) is 6. The molecule has 0 saturated carbocycles. The molecule has 142 valence electrons. The molecular weight excluding hydrogens is 390 g/mol. The second kappa shape index (κ2) is 8.81. The largest absolute Gasteiger partial charge is 0.382 e. The number of benzene rings is 1. The van der Waals surface area contributed by atoms with Crippen LogP contribution in [-0.2, 0) is 17.9 Å². The van der Waals surface area contributed by atoms with Crippen molar-refractivity contribution in [3.8, 4) is 0 Å². The third-order valence-electron chi connectivity index (χ3n) is 4.09. The van der Waals surface area contributed by atoms with Crippen LogP contribution in [0.1, 0.15) is 18.2 Å². The number of aliphatic hydroxyl groups is 1. The molecule has 0 aliphatic rings. The molecule has 9 heteroatoms. The average molecular weight is 408 g/mol. The first-order chi connectivity index (χ1) is 13.0. The predicted octanol–water partition coefficient (Wildman–Crippen LogP) is 3.81. The zero-order chi connectivity index (χ0) is 19.3. The van der Waals surface area contributed by atoms with Crippen LogP contribution < -0.4 is 0 Å². The van der Waals surface area contributed by atoms with Crippen LogP contribution in [0.15, 0.2) is 55.2 Å². The summed E-state index contributed by atoms with van der Waals surface area (Å²) in [6.07, 6.45) is 4.51. The molecule has 27 heavy (non-hydrogen) atoms. The molecule has 0 aliphatic heterocycles. The fraction of sp³-hybridized carbons (Fsp3) is 0.278. The molecular formula is C18H18F2N4OS2. The lowest BCUT2D eigenvalue weighted by molar-refractivity contribution is 0.0137. The van der Waals surface area contributed by atoms with Crippen LogP contribution in [-0.4, -0.2) is 30.1 Å². The quantitative estimate of drug-likeness (QED) is 0.572. The standard InChI is InChI=1S/C18H18F2N4OS2/c1-13(27-26-9-15-4-2-3-7-22-15)18(25,10-24-12-21-11-23-24)16-6-5-14(19)8-17(16)20/h2-8,11-13,25H,9-10H2,1H3/t13-,18-/m1/s1. The summed E-state index contributed by atoms with van der Waals surface area (Å²) in [6, 6.07) is 8.87. The zero-order valence-corrected chi connectivity index (χ0v) is 16.1. The molecule has 0 aliphatic carbocycles. The van der Waals surface area contributed by atoms with Crippen LogP contribution in [0.25, 0.3) is 0 Å². The van der Waals surface area contributed by atoms with E-state index in [4.69, 9.17) is 0 Å². The fourth-order valence-corrected chi connectivity index (χ4v) is 5.17. The maximum atomic E-state index is 14.5. The lowest BCUT2D eigenvalue weighted by Crippen LogP contribution is -2.41. The Morgan fingerprint density at radius 3 is 2.78 bits per heavy atom. The van der Waals surface area contributed by atoms with Gasteiger partial charge in [-0.05, 0) is 25.1 Å². The molecule has 5 nitrogen and oxygen atoms in total. The van der Waals surface area contributed by atoms with Crippen LogP contribution in [0.4, 0.5) is 8.78 Å². The van der Waals surface area contributed by atoms with Crippen molar-refractivity contribution in [2.75, 3.05) is 0 Å². The highest BCUT2D eigenvalue weighted by molar-refractivity contribution is 8.76. The van der Waals surface area contributed by atoms with Gasteiger partial charge in [0.05, 0.1) is 12.2 Å². The van der Waals surface area contributed by atoms with Crippen LogP contribution in [0.3, 0.4) is 0 Å². The van der Waals surface area contributed by atoms with Gasteiger partial charge in [-0.1, -0.05) is 33.7 Å². The van der Waals surface area contributed by atoms with E-state index in [1.807, 2.05) is 18.2 Å². The van der Waals surface area contributed by atoms with Gasteiger partial charge in [0.2, 0.25) is 0 Å². The van der Waals surface area contributed by atoms with E-state index in [-0.39, 0.29) is 12.1 Å². The molecule has 2 aromatic heterocycles. The summed E-state index contributed by atoms with van der Waals surface area (Å²) in [5.74, 6) is -0.842. The molecule has 3 aromatic rings. The van der Waals surface area contributed by atoms with Crippen molar-refractivity contribution < 1.29 is 13.9 Å². The Balaban J connectivity index is 1.80. The van der Waals surface area contributed by atoms with E-state index in [2.05, 4.69) is 15.1 Å². The van der Waals surface area contributed by atoms with E-state index in [1.54, 1.807) is 13.1 Å². The number of pyridine rings is 1. The molecule has 0 spiro atoms. The summed E-state index contributed by atoms with van der Waals surface area (Å²) >= 11 is 0. The van der Waals surface area contributed by atoms with Crippen LogP contribution >= 0.6 is 21.6 Å². The van der Waals surface area contributed by atoms with Crippen molar-refractivity contribution in [2.24, 2.45) is 0 Å². The monoisotopic (exact) mass is 408 g/mol. The zero-order valence-electron chi connectivity index (χ0n) is 14.5. The van der Waals surface area contributed by atoms with E-state index in [0.29, 0.717) is 5.75 Å². The first-order valence-corrected chi connectivity index (χ1v) is 10.6. The van der Waals surface area contributed by atoms with Crippen molar-refractivity contribution in [3.63, 3.8) is 0 Å². The van der Waals surface area contributed by atoms with Gasteiger partial charge in [0, 0.05) is 28.8 Å². The van der Waals surface area contributed by atoms with Gasteiger partial charge in [0.1, 0.15) is 29.9 Å². The lowest BCUT2D eigenvalue weighted by atomic mass is 9.90. The molecule has 3 rings (SSSR count). The highest BCUT2D eigenvalue weighted by Crippen LogP contribution is 2.41.